The summed E-state index contributed by atoms with van der Waals surface area (Å²) in [4.78, 5) is 19.1. The van der Waals surface area contributed by atoms with E-state index in [-0.39, 0.29) is 23.1 Å². The predicted octanol–water partition coefficient (Wildman–Crippen LogP) is 3.26. The summed E-state index contributed by atoms with van der Waals surface area (Å²) in [5.74, 6) is 0.403. The Hall–Kier alpha value is -3.44. The molecule has 3 aromatic rings. The summed E-state index contributed by atoms with van der Waals surface area (Å²) >= 11 is 0. The summed E-state index contributed by atoms with van der Waals surface area (Å²) in [5.41, 5.74) is 1.07. The van der Waals surface area contributed by atoms with E-state index in [9.17, 15) is 18.0 Å². The Labute approximate surface area is 218 Å². The van der Waals surface area contributed by atoms with E-state index in [4.69, 9.17) is 4.74 Å². The van der Waals surface area contributed by atoms with Gasteiger partial charge in [0.2, 0.25) is 0 Å². The van der Waals surface area contributed by atoms with Gasteiger partial charge in [-0.25, -0.2) is 0 Å². The average molecular weight is 527 g/mol. The van der Waals surface area contributed by atoms with Crippen molar-refractivity contribution in [2.24, 2.45) is 7.05 Å². The standard InChI is InChI=1S/C27H29F3N6O2/c1-33-6-8-35(9-7-33)20-11-21-22(23(12-20)27(28,29)30)14-36(25(21)37)19-5-3-4-18(10-19)26(15-38-16-26)13-24-32-31-17-34(24)2/h3-5,10-12,17H,6-9,13-16H2,1-2H3. The number of aromatic nitrogens is 3. The summed E-state index contributed by atoms with van der Waals surface area (Å²) in [7, 11) is 3.87. The molecule has 8 nitrogen and oxygen atoms in total. The number of carbonyl (C=O) groups excluding carboxylic acids is 1. The number of aryl methyl sites for hydroxylation is 1. The number of amides is 1. The molecule has 38 heavy (non-hydrogen) atoms. The Morgan fingerprint density at radius 3 is 2.42 bits per heavy atom. The number of nitrogens with zero attached hydrogens (tertiary/aromatic N) is 6. The SMILES string of the molecule is CN1CCN(c2cc3c(c(C(F)(F)F)c2)CN(c2cccc(C4(Cc5nncn5C)COC4)c2)C3=O)CC1. The monoisotopic (exact) mass is 526 g/mol. The molecule has 2 saturated heterocycles. The Morgan fingerprint density at radius 2 is 1.79 bits per heavy atom. The Kier molecular flexibility index (Phi) is 5.95. The molecule has 1 amide bonds. The number of piperazine rings is 1. The van der Waals surface area contributed by atoms with E-state index in [1.165, 1.54) is 11.0 Å². The fraction of sp³-hybridized carbons (Fsp3) is 0.444. The van der Waals surface area contributed by atoms with Crippen molar-refractivity contribution < 1.29 is 22.7 Å². The highest BCUT2D eigenvalue weighted by Gasteiger charge is 2.44. The third-order valence-corrected chi connectivity index (χ3v) is 8.03. The van der Waals surface area contributed by atoms with Crippen LogP contribution in [0.4, 0.5) is 24.5 Å². The van der Waals surface area contributed by atoms with Gasteiger partial charge in [-0.05, 0) is 42.4 Å². The zero-order valence-electron chi connectivity index (χ0n) is 21.3. The van der Waals surface area contributed by atoms with Crippen LogP contribution in [-0.4, -0.2) is 72.0 Å². The first-order valence-electron chi connectivity index (χ1n) is 12.7. The van der Waals surface area contributed by atoms with Crippen molar-refractivity contribution >= 4 is 17.3 Å². The number of rotatable bonds is 5. The van der Waals surface area contributed by atoms with Crippen molar-refractivity contribution in [1.82, 2.24) is 19.7 Å². The average Bonchev–Trinajstić information content (AvgIpc) is 3.43. The Balaban J connectivity index is 1.33. The van der Waals surface area contributed by atoms with Gasteiger partial charge in [-0.2, -0.15) is 13.2 Å². The van der Waals surface area contributed by atoms with E-state index in [1.54, 1.807) is 18.5 Å². The predicted molar refractivity (Wildman–Crippen MR) is 135 cm³/mol. The van der Waals surface area contributed by atoms with Gasteiger partial charge in [0.05, 0.1) is 25.3 Å². The summed E-state index contributed by atoms with van der Waals surface area (Å²) in [6, 6.07) is 10.3. The molecule has 0 atom stereocenters. The minimum absolute atomic E-state index is 0.0338. The molecular formula is C27H29F3N6O2. The summed E-state index contributed by atoms with van der Waals surface area (Å²) in [6.07, 6.45) is -2.31. The van der Waals surface area contributed by atoms with Crippen molar-refractivity contribution in [3.8, 4) is 0 Å². The van der Waals surface area contributed by atoms with Crippen molar-refractivity contribution in [2.75, 3.05) is 56.2 Å². The number of hydrogen-bond acceptors (Lipinski definition) is 6. The maximum absolute atomic E-state index is 14.2. The van der Waals surface area contributed by atoms with Crippen LogP contribution >= 0.6 is 0 Å². The number of likely N-dealkylation sites (N-methyl/N-ethyl adjacent to an activating group) is 1. The van der Waals surface area contributed by atoms with Crippen LogP contribution in [0.25, 0.3) is 0 Å². The third kappa shape index (κ3) is 4.23. The van der Waals surface area contributed by atoms with Crippen LogP contribution in [0, 0.1) is 0 Å². The minimum atomic E-state index is -4.56. The summed E-state index contributed by atoms with van der Waals surface area (Å²) in [6.45, 7) is 3.59. The topological polar surface area (TPSA) is 66.7 Å². The minimum Gasteiger partial charge on any atom is -0.379 e. The lowest BCUT2D eigenvalue weighted by Gasteiger charge is -2.42. The van der Waals surface area contributed by atoms with Crippen molar-refractivity contribution in [3.63, 3.8) is 0 Å². The van der Waals surface area contributed by atoms with Crippen LogP contribution in [0.15, 0.2) is 42.7 Å². The second kappa shape index (κ2) is 9.09. The van der Waals surface area contributed by atoms with Gasteiger partial charge in [-0.15, -0.1) is 10.2 Å². The van der Waals surface area contributed by atoms with Crippen molar-refractivity contribution in [3.05, 3.63) is 70.8 Å². The molecule has 1 aromatic heterocycles. The normalized spacial score (nSPS) is 19.6. The Bertz CT molecular complexity index is 1380. The molecule has 2 fully saturated rings. The van der Waals surface area contributed by atoms with Gasteiger partial charge in [-0.1, -0.05) is 12.1 Å². The first-order valence-corrected chi connectivity index (χ1v) is 12.7. The molecule has 4 heterocycles. The molecule has 0 N–H and O–H groups in total. The molecule has 200 valence electrons. The number of halogens is 3. The smallest absolute Gasteiger partial charge is 0.379 e. The van der Waals surface area contributed by atoms with E-state index in [0.29, 0.717) is 44.1 Å². The van der Waals surface area contributed by atoms with E-state index in [0.717, 1.165) is 24.5 Å². The molecule has 0 bridgehead atoms. The van der Waals surface area contributed by atoms with E-state index < -0.39 is 17.6 Å². The molecule has 3 aliphatic rings. The molecule has 0 aliphatic carbocycles. The molecule has 0 spiro atoms. The second-order valence-corrected chi connectivity index (χ2v) is 10.6. The zero-order valence-corrected chi connectivity index (χ0v) is 21.3. The van der Waals surface area contributed by atoms with E-state index >= 15 is 0 Å². The van der Waals surface area contributed by atoms with Crippen LogP contribution in [0.3, 0.4) is 0 Å². The van der Waals surface area contributed by atoms with Gasteiger partial charge in [0, 0.05) is 62.0 Å². The lowest BCUT2D eigenvalue weighted by molar-refractivity contribution is -0.138. The highest BCUT2D eigenvalue weighted by atomic mass is 19.4. The maximum atomic E-state index is 14.2. The van der Waals surface area contributed by atoms with Gasteiger partial charge < -0.3 is 24.0 Å². The third-order valence-electron chi connectivity index (χ3n) is 8.03. The largest absolute Gasteiger partial charge is 0.416 e. The number of fused-ring (bicyclic) bond motifs is 1. The van der Waals surface area contributed by atoms with Crippen molar-refractivity contribution in [1.29, 1.82) is 0 Å². The zero-order chi connectivity index (χ0) is 26.7. The number of hydrogen-bond donors (Lipinski definition) is 0. The number of anilines is 2. The van der Waals surface area contributed by atoms with Crippen LogP contribution in [-0.2, 0) is 36.3 Å². The lowest BCUT2D eigenvalue weighted by atomic mass is 9.75. The highest BCUT2D eigenvalue weighted by Crippen LogP contribution is 2.43. The first-order chi connectivity index (χ1) is 18.1. The summed E-state index contributed by atoms with van der Waals surface area (Å²) < 4.78 is 50.1. The molecule has 3 aliphatic heterocycles. The number of alkyl halides is 3. The Morgan fingerprint density at radius 1 is 1.03 bits per heavy atom. The summed E-state index contributed by atoms with van der Waals surface area (Å²) in [5, 5.41) is 8.18. The first kappa shape index (κ1) is 24.9. The molecule has 0 radical (unpaired) electrons. The van der Waals surface area contributed by atoms with Crippen LogP contribution in [0.2, 0.25) is 0 Å². The second-order valence-electron chi connectivity index (χ2n) is 10.6. The maximum Gasteiger partial charge on any atom is 0.416 e. The molecule has 11 heteroatoms. The molecule has 6 rings (SSSR count). The van der Waals surface area contributed by atoms with Gasteiger partial charge in [-0.3, -0.25) is 4.79 Å². The molecular weight excluding hydrogens is 497 g/mol. The molecule has 0 saturated carbocycles. The number of ether oxygens (including phenoxy) is 1. The lowest BCUT2D eigenvalue weighted by Crippen LogP contribution is -2.49. The molecule has 2 aromatic carbocycles. The van der Waals surface area contributed by atoms with Crippen LogP contribution in [0.5, 0.6) is 0 Å². The van der Waals surface area contributed by atoms with E-state index in [2.05, 4.69) is 15.1 Å². The van der Waals surface area contributed by atoms with Gasteiger partial charge in [0.25, 0.3) is 5.91 Å². The van der Waals surface area contributed by atoms with Gasteiger partial charge in [0.1, 0.15) is 12.2 Å². The van der Waals surface area contributed by atoms with Gasteiger partial charge in [0.15, 0.2) is 0 Å². The quantitative estimate of drug-likeness (QED) is 0.509. The van der Waals surface area contributed by atoms with Crippen molar-refractivity contribution in [2.45, 2.75) is 24.6 Å². The van der Waals surface area contributed by atoms with Crippen LogP contribution in [0.1, 0.15) is 32.9 Å². The number of benzene rings is 2. The van der Waals surface area contributed by atoms with Crippen LogP contribution < -0.4 is 9.80 Å². The molecule has 0 unspecified atom stereocenters. The van der Waals surface area contributed by atoms with Gasteiger partial charge >= 0.3 is 6.18 Å². The highest BCUT2D eigenvalue weighted by molar-refractivity contribution is 6.11. The number of carbonyl (C=O) groups is 1. The van der Waals surface area contributed by atoms with E-state index in [1.807, 2.05) is 41.8 Å². The fourth-order valence-corrected chi connectivity index (χ4v) is 5.59. The fourth-order valence-electron chi connectivity index (χ4n) is 5.59.